The van der Waals surface area contributed by atoms with Crippen LogP contribution in [-0.4, -0.2) is 40.1 Å². The Morgan fingerprint density at radius 1 is 1.56 bits per heavy atom. The zero-order chi connectivity index (χ0) is 13.0. The van der Waals surface area contributed by atoms with E-state index in [1.165, 1.54) is 0 Å². The summed E-state index contributed by atoms with van der Waals surface area (Å²) >= 11 is 0. The summed E-state index contributed by atoms with van der Waals surface area (Å²) in [5.41, 5.74) is 6.60. The molecule has 1 aromatic heterocycles. The first-order valence-electron chi connectivity index (χ1n) is 6.35. The molecule has 0 radical (unpaired) electrons. The van der Waals surface area contributed by atoms with Crippen molar-refractivity contribution in [1.29, 1.82) is 0 Å². The lowest BCUT2D eigenvalue weighted by Crippen LogP contribution is -2.45. The fraction of sp³-hybridized carbons (Fsp3) is 0.538. The average molecular weight is 249 g/mol. The number of pyridine rings is 1. The second-order valence-corrected chi connectivity index (χ2v) is 4.63. The van der Waals surface area contributed by atoms with Crippen molar-refractivity contribution in [2.24, 2.45) is 0 Å². The van der Waals surface area contributed by atoms with Crippen molar-refractivity contribution >= 4 is 11.6 Å². The molecule has 0 saturated heterocycles. The summed E-state index contributed by atoms with van der Waals surface area (Å²) in [4.78, 5) is 18.3. The van der Waals surface area contributed by atoms with E-state index in [-0.39, 0.29) is 12.5 Å². The Hall–Kier alpha value is -1.62. The standard InChI is InChI=1S/C13H19N3O2/c14-10-5-6-15-12(9-10)13(18)16(7-2-8-17)11-3-1-4-11/h5-6,9,11,17H,1-4,7-8H2,(H2,14,15). The molecule has 18 heavy (non-hydrogen) atoms. The molecule has 1 amide bonds. The average Bonchev–Trinajstić information content (AvgIpc) is 2.31. The van der Waals surface area contributed by atoms with E-state index in [1.807, 2.05) is 4.90 Å². The Labute approximate surface area is 107 Å². The molecule has 1 heterocycles. The molecule has 0 aromatic carbocycles. The number of amides is 1. The highest BCUT2D eigenvalue weighted by Gasteiger charge is 2.29. The van der Waals surface area contributed by atoms with Gasteiger partial charge in [-0.1, -0.05) is 0 Å². The summed E-state index contributed by atoms with van der Waals surface area (Å²) in [5.74, 6) is -0.0829. The molecular formula is C13H19N3O2. The number of nitrogens with two attached hydrogens (primary N) is 1. The fourth-order valence-electron chi connectivity index (χ4n) is 2.10. The van der Waals surface area contributed by atoms with E-state index in [0.29, 0.717) is 30.4 Å². The molecule has 5 heteroatoms. The molecular weight excluding hydrogens is 230 g/mol. The normalized spacial score (nSPS) is 15.2. The molecule has 2 rings (SSSR count). The molecule has 98 valence electrons. The van der Waals surface area contributed by atoms with Gasteiger partial charge in [0.2, 0.25) is 0 Å². The molecule has 0 aliphatic heterocycles. The third-order valence-electron chi connectivity index (χ3n) is 3.34. The van der Waals surface area contributed by atoms with Crippen LogP contribution in [0.25, 0.3) is 0 Å². The number of carbonyl (C=O) groups is 1. The highest BCUT2D eigenvalue weighted by molar-refractivity contribution is 5.93. The molecule has 1 fully saturated rings. The minimum atomic E-state index is -0.0829. The van der Waals surface area contributed by atoms with Crippen molar-refractivity contribution in [3.8, 4) is 0 Å². The Bertz CT molecular complexity index is 418. The van der Waals surface area contributed by atoms with Crippen LogP contribution in [-0.2, 0) is 0 Å². The van der Waals surface area contributed by atoms with Gasteiger partial charge in [-0.15, -0.1) is 0 Å². The van der Waals surface area contributed by atoms with Gasteiger partial charge in [0.15, 0.2) is 0 Å². The summed E-state index contributed by atoms with van der Waals surface area (Å²) in [6.07, 6.45) is 5.40. The molecule has 1 aliphatic rings. The lowest BCUT2D eigenvalue weighted by molar-refractivity contribution is 0.0556. The van der Waals surface area contributed by atoms with Crippen LogP contribution in [0.5, 0.6) is 0 Å². The molecule has 0 unspecified atom stereocenters. The van der Waals surface area contributed by atoms with E-state index in [2.05, 4.69) is 4.98 Å². The van der Waals surface area contributed by atoms with E-state index in [1.54, 1.807) is 18.3 Å². The third kappa shape index (κ3) is 2.79. The minimum Gasteiger partial charge on any atom is -0.399 e. The van der Waals surface area contributed by atoms with Gasteiger partial charge in [-0.2, -0.15) is 0 Å². The summed E-state index contributed by atoms with van der Waals surface area (Å²) in [6, 6.07) is 3.57. The Morgan fingerprint density at radius 3 is 2.89 bits per heavy atom. The van der Waals surface area contributed by atoms with Gasteiger partial charge in [0, 0.05) is 31.1 Å². The van der Waals surface area contributed by atoms with Gasteiger partial charge in [-0.25, -0.2) is 0 Å². The van der Waals surface area contributed by atoms with Crippen molar-refractivity contribution in [3.63, 3.8) is 0 Å². The monoisotopic (exact) mass is 249 g/mol. The number of hydrogen-bond donors (Lipinski definition) is 2. The first kappa shape index (κ1) is 12.8. The van der Waals surface area contributed by atoms with Crippen LogP contribution in [0.15, 0.2) is 18.3 Å². The largest absolute Gasteiger partial charge is 0.399 e. The van der Waals surface area contributed by atoms with Gasteiger partial charge >= 0.3 is 0 Å². The number of rotatable bonds is 5. The molecule has 1 saturated carbocycles. The predicted octanol–water partition coefficient (Wildman–Crippen LogP) is 1.04. The molecule has 1 aromatic rings. The van der Waals surface area contributed by atoms with Gasteiger partial charge in [0.25, 0.3) is 5.91 Å². The van der Waals surface area contributed by atoms with E-state index in [0.717, 1.165) is 19.3 Å². The van der Waals surface area contributed by atoms with Gasteiger partial charge < -0.3 is 15.7 Å². The second kappa shape index (κ2) is 5.82. The third-order valence-corrected chi connectivity index (χ3v) is 3.34. The van der Waals surface area contributed by atoms with E-state index < -0.39 is 0 Å². The lowest BCUT2D eigenvalue weighted by atomic mass is 9.91. The Balaban J connectivity index is 2.11. The van der Waals surface area contributed by atoms with Crippen LogP contribution >= 0.6 is 0 Å². The van der Waals surface area contributed by atoms with Gasteiger partial charge in [-0.05, 0) is 37.8 Å². The first-order chi connectivity index (χ1) is 8.72. The smallest absolute Gasteiger partial charge is 0.272 e. The number of nitrogen functional groups attached to an aromatic ring is 1. The Kier molecular flexibility index (Phi) is 4.15. The van der Waals surface area contributed by atoms with Crippen LogP contribution in [0.3, 0.4) is 0 Å². The molecule has 5 nitrogen and oxygen atoms in total. The van der Waals surface area contributed by atoms with Crippen molar-refractivity contribution < 1.29 is 9.90 Å². The van der Waals surface area contributed by atoms with Crippen LogP contribution in [0.2, 0.25) is 0 Å². The first-order valence-corrected chi connectivity index (χ1v) is 6.35. The zero-order valence-corrected chi connectivity index (χ0v) is 10.4. The molecule has 0 spiro atoms. The summed E-state index contributed by atoms with van der Waals surface area (Å²) < 4.78 is 0. The zero-order valence-electron chi connectivity index (χ0n) is 10.4. The maximum atomic E-state index is 12.4. The summed E-state index contributed by atoms with van der Waals surface area (Å²) in [6.45, 7) is 0.678. The van der Waals surface area contributed by atoms with E-state index in [9.17, 15) is 4.79 Å². The van der Waals surface area contributed by atoms with Crippen molar-refractivity contribution in [3.05, 3.63) is 24.0 Å². The number of carbonyl (C=O) groups excluding carboxylic acids is 1. The number of aliphatic hydroxyl groups is 1. The number of aromatic nitrogens is 1. The molecule has 3 N–H and O–H groups in total. The van der Waals surface area contributed by atoms with E-state index in [4.69, 9.17) is 10.8 Å². The number of hydrogen-bond acceptors (Lipinski definition) is 4. The van der Waals surface area contributed by atoms with Crippen molar-refractivity contribution in [1.82, 2.24) is 9.88 Å². The quantitative estimate of drug-likeness (QED) is 0.817. The van der Waals surface area contributed by atoms with Gasteiger partial charge in [-0.3, -0.25) is 9.78 Å². The minimum absolute atomic E-state index is 0.0829. The summed E-state index contributed by atoms with van der Waals surface area (Å²) in [7, 11) is 0. The number of anilines is 1. The van der Waals surface area contributed by atoms with Gasteiger partial charge in [0.1, 0.15) is 5.69 Å². The number of aliphatic hydroxyl groups excluding tert-OH is 1. The number of nitrogens with zero attached hydrogens (tertiary/aromatic N) is 2. The Morgan fingerprint density at radius 2 is 2.33 bits per heavy atom. The highest BCUT2D eigenvalue weighted by atomic mass is 16.3. The molecule has 1 aliphatic carbocycles. The van der Waals surface area contributed by atoms with Gasteiger partial charge in [0.05, 0.1) is 0 Å². The topological polar surface area (TPSA) is 79.5 Å². The predicted molar refractivity (Wildman–Crippen MR) is 69.0 cm³/mol. The van der Waals surface area contributed by atoms with Crippen LogP contribution in [0.4, 0.5) is 5.69 Å². The van der Waals surface area contributed by atoms with Crippen molar-refractivity contribution in [2.75, 3.05) is 18.9 Å². The fourth-order valence-corrected chi connectivity index (χ4v) is 2.10. The highest BCUT2D eigenvalue weighted by Crippen LogP contribution is 2.26. The van der Waals surface area contributed by atoms with Crippen LogP contribution in [0.1, 0.15) is 36.2 Å². The SMILES string of the molecule is Nc1ccnc(C(=O)N(CCCO)C2CCC2)c1. The maximum absolute atomic E-state index is 12.4. The maximum Gasteiger partial charge on any atom is 0.272 e. The van der Waals surface area contributed by atoms with Crippen LogP contribution < -0.4 is 5.73 Å². The van der Waals surface area contributed by atoms with Crippen molar-refractivity contribution in [2.45, 2.75) is 31.7 Å². The van der Waals surface area contributed by atoms with Crippen LogP contribution in [0, 0.1) is 0 Å². The lowest BCUT2D eigenvalue weighted by Gasteiger charge is -2.37. The molecule has 0 atom stereocenters. The second-order valence-electron chi connectivity index (χ2n) is 4.63. The van der Waals surface area contributed by atoms with E-state index >= 15 is 0 Å². The summed E-state index contributed by atoms with van der Waals surface area (Å²) in [5, 5.41) is 8.91. The molecule has 0 bridgehead atoms.